The molecule has 0 radical (unpaired) electrons. The highest BCUT2D eigenvalue weighted by molar-refractivity contribution is 7.15. The number of hydrogen-bond acceptors (Lipinski definition) is 6. The highest BCUT2D eigenvalue weighted by Gasteiger charge is 2.31. The predicted octanol–water partition coefficient (Wildman–Crippen LogP) is 2.13. The molecule has 1 aliphatic heterocycles. The van der Waals surface area contributed by atoms with E-state index >= 15 is 0 Å². The van der Waals surface area contributed by atoms with Gasteiger partial charge in [0.1, 0.15) is 0 Å². The van der Waals surface area contributed by atoms with E-state index in [2.05, 4.69) is 15.1 Å². The minimum absolute atomic E-state index is 0.0630. The number of thiazole rings is 1. The third-order valence-corrected chi connectivity index (χ3v) is 6.54. The Morgan fingerprint density at radius 1 is 1.19 bits per heavy atom. The summed E-state index contributed by atoms with van der Waals surface area (Å²) in [5, 5.41) is 10.2. The average molecular weight is 382 g/mol. The first-order valence-corrected chi connectivity index (χ1v) is 10.2. The van der Waals surface area contributed by atoms with Crippen molar-refractivity contribution in [2.75, 3.05) is 18.0 Å². The first-order chi connectivity index (χ1) is 13.1. The van der Waals surface area contributed by atoms with Crippen LogP contribution >= 0.6 is 11.3 Å². The molecule has 2 aliphatic rings. The number of hydrogen-bond donors (Lipinski definition) is 0. The van der Waals surface area contributed by atoms with Gasteiger partial charge in [0.15, 0.2) is 10.9 Å². The van der Waals surface area contributed by atoms with Crippen LogP contribution in [0.3, 0.4) is 0 Å². The first kappa shape index (κ1) is 16.7. The smallest absolute Gasteiger partial charge is 0.266 e. The summed E-state index contributed by atoms with van der Waals surface area (Å²) in [6.45, 7) is 6.45. The molecule has 0 saturated carbocycles. The number of rotatable bonds is 4. The maximum absolute atomic E-state index is 12.3. The molecule has 0 amide bonds. The summed E-state index contributed by atoms with van der Waals surface area (Å²) in [6, 6.07) is 5.33. The minimum Gasteiger partial charge on any atom is -0.347 e. The maximum atomic E-state index is 12.3. The summed E-state index contributed by atoms with van der Waals surface area (Å²) in [4.78, 5) is 20.8. The van der Waals surface area contributed by atoms with Crippen LogP contribution in [0, 0.1) is 19.8 Å². The summed E-state index contributed by atoms with van der Waals surface area (Å²) in [5.74, 6) is 1.11. The number of nitrogens with zero attached hydrogens (tertiary/aromatic N) is 6. The predicted molar refractivity (Wildman–Crippen MR) is 105 cm³/mol. The summed E-state index contributed by atoms with van der Waals surface area (Å²) in [6.07, 6.45) is 3.56. The Kier molecular flexibility index (Phi) is 3.89. The lowest BCUT2D eigenvalue weighted by molar-refractivity contribution is 0.333. The molecule has 0 bridgehead atoms. The molecular weight excluding hydrogens is 360 g/mol. The van der Waals surface area contributed by atoms with Gasteiger partial charge in [-0.1, -0.05) is 0 Å². The zero-order valence-corrected chi connectivity index (χ0v) is 16.4. The number of aromatic nitrogens is 5. The molecule has 0 N–H and O–H groups in total. The van der Waals surface area contributed by atoms with Crippen LogP contribution in [-0.2, 0) is 19.4 Å². The van der Waals surface area contributed by atoms with Gasteiger partial charge in [-0.25, -0.2) is 14.3 Å². The van der Waals surface area contributed by atoms with Crippen molar-refractivity contribution in [3.63, 3.8) is 0 Å². The van der Waals surface area contributed by atoms with Crippen molar-refractivity contribution in [1.29, 1.82) is 0 Å². The fourth-order valence-corrected chi connectivity index (χ4v) is 5.11. The van der Waals surface area contributed by atoms with Gasteiger partial charge in [0, 0.05) is 35.6 Å². The SMILES string of the molecule is Cc1cc(C)n(-c2ccc(=O)n(CC3CN(c4nc5c(s4)CCC5)C3)n2)n1. The molecule has 0 aromatic carbocycles. The molecule has 5 rings (SSSR count). The van der Waals surface area contributed by atoms with Gasteiger partial charge in [0.05, 0.1) is 17.9 Å². The lowest BCUT2D eigenvalue weighted by atomic mass is 10.0. The lowest BCUT2D eigenvalue weighted by Gasteiger charge is -2.39. The van der Waals surface area contributed by atoms with Crippen LogP contribution in [0.2, 0.25) is 0 Å². The molecule has 3 aromatic rings. The van der Waals surface area contributed by atoms with E-state index < -0.39 is 0 Å². The first-order valence-electron chi connectivity index (χ1n) is 9.42. The van der Waals surface area contributed by atoms with E-state index in [1.807, 2.05) is 31.3 Å². The van der Waals surface area contributed by atoms with E-state index in [-0.39, 0.29) is 5.56 Å². The molecule has 4 heterocycles. The van der Waals surface area contributed by atoms with Gasteiger partial charge in [-0.05, 0) is 45.2 Å². The molecule has 1 fully saturated rings. The molecule has 8 heteroatoms. The topological polar surface area (TPSA) is 68.8 Å². The van der Waals surface area contributed by atoms with Crippen LogP contribution in [0.5, 0.6) is 0 Å². The Bertz CT molecular complexity index is 1040. The van der Waals surface area contributed by atoms with Gasteiger partial charge in [-0.3, -0.25) is 4.79 Å². The van der Waals surface area contributed by atoms with Crippen LogP contribution in [0.25, 0.3) is 5.82 Å². The minimum atomic E-state index is -0.0630. The zero-order valence-electron chi connectivity index (χ0n) is 15.6. The zero-order chi connectivity index (χ0) is 18.5. The van der Waals surface area contributed by atoms with E-state index in [0.29, 0.717) is 18.3 Å². The highest BCUT2D eigenvalue weighted by Crippen LogP contribution is 2.35. The number of anilines is 1. The van der Waals surface area contributed by atoms with E-state index in [1.54, 1.807) is 21.5 Å². The highest BCUT2D eigenvalue weighted by atomic mass is 32.1. The van der Waals surface area contributed by atoms with Crippen LogP contribution in [0.15, 0.2) is 23.0 Å². The largest absolute Gasteiger partial charge is 0.347 e. The van der Waals surface area contributed by atoms with Gasteiger partial charge >= 0.3 is 0 Å². The van der Waals surface area contributed by atoms with Crippen LogP contribution in [-0.4, -0.2) is 37.6 Å². The van der Waals surface area contributed by atoms with E-state index in [9.17, 15) is 4.79 Å². The Morgan fingerprint density at radius 3 is 2.78 bits per heavy atom. The average Bonchev–Trinajstić information content (AvgIpc) is 3.26. The summed E-state index contributed by atoms with van der Waals surface area (Å²) >= 11 is 1.84. The summed E-state index contributed by atoms with van der Waals surface area (Å²) in [5.41, 5.74) is 3.19. The fraction of sp³-hybridized carbons (Fsp3) is 0.474. The van der Waals surface area contributed by atoms with Crippen molar-refractivity contribution >= 4 is 16.5 Å². The Morgan fingerprint density at radius 2 is 2.04 bits per heavy atom. The Hall–Kier alpha value is -2.48. The second-order valence-corrected chi connectivity index (χ2v) is 8.60. The monoisotopic (exact) mass is 382 g/mol. The van der Waals surface area contributed by atoms with E-state index in [0.717, 1.165) is 36.0 Å². The Labute approximate surface area is 161 Å². The van der Waals surface area contributed by atoms with Crippen molar-refractivity contribution in [1.82, 2.24) is 24.5 Å². The van der Waals surface area contributed by atoms with Gasteiger partial charge in [-0.15, -0.1) is 16.4 Å². The van der Waals surface area contributed by atoms with Gasteiger partial charge in [0.25, 0.3) is 5.56 Å². The van der Waals surface area contributed by atoms with E-state index in [4.69, 9.17) is 4.98 Å². The van der Waals surface area contributed by atoms with Gasteiger partial charge < -0.3 is 4.90 Å². The van der Waals surface area contributed by atoms with Crippen molar-refractivity contribution in [3.8, 4) is 5.82 Å². The second kappa shape index (κ2) is 6.30. The standard InChI is InChI=1S/C19H22N6OS/c1-12-8-13(2)25(21-12)17-6-7-18(26)24(22-17)11-14-9-23(10-14)19-20-15-4-3-5-16(15)27-19/h6-8,14H,3-5,9-11H2,1-2H3. The van der Waals surface area contributed by atoms with Gasteiger partial charge in [0.2, 0.25) is 0 Å². The summed E-state index contributed by atoms with van der Waals surface area (Å²) < 4.78 is 3.37. The molecule has 1 saturated heterocycles. The quantitative estimate of drug-likeness (QED) is 0.691. The number of aryl methyl sites for hydroxylation is 4. The van der Waals surface area contributed by atoms with Gasteiger partial charge in [-0.2, -0.15) is 5.10 Å². The second-order valence-electron chi connectivity index (χ2n) is 7.54. The summed E-state index contributed by atoms with van der Waals surface area (Å²) in [7, 11) is 0. The van der Waals surface area contributed by atoms with Crippen LogP contribution in [0.1, 0.15) is 28.4 Å². The van der Waals surface area contributed by atoms with Crippen molar-refractivity contribution in [2.24, 2.45) is 5.92 Å². The van der Waals surface area contributed by atoms with Crippen molar-refractivity contribution < 1.29 is 0 Å². The van der Waals surface area contributed by atoms with Crippen molar-refractivity contribution in [3.05, 3.63) is 50.5 Å². The van der Waals surface area contributed by atoms with Crippen LogP contribution < -0.4 is 10.5 Å². The maximum Gasteiger partial charge on any atom is 0.266 e. The molecule has 0 unspecified atom stereocenters. The molecule has 0 atom stereocenters. The Balaban J connectivity index is 1.29. The molecular formula is C19H22N6OS. The third-order valence-electron chi connectivity index (χ3n) is 5.32. The lowest BCUT2D eigenvalue weighted by Crippen LogP contribution is -2.49. The molecule has 1 aliphatic carbocycles. The van der Waals surface area contributed by atoms with Crippen molar-refractivity contribution in [2.45, 2.75) is 39.7 Å². The molecule has 140 valence electrons. The molecule has 3 aromatic heterocycles. The molecule has 27 heavy (non-hydrogen) atoms. The fourth-order valence-electron chi connectivity index (χ4n) is 3.94. The molecule has 7 nitrogen and oxygen atoms in total. The van der Waals surface area contributed by atoms with E-state index in [1.165, 1.54) is 23.4 Å². The normalized spacial score (nSPS) is 16.6. The third kappa shape index (κ3) is 2.97. The van der Waals surface area contributed by atoms with Crippen LogP contribution in [0.4, 0.5) is 5.13 Å². The number of fused-ring (bicyclic) bond motifs is 1. The molecule has 0 spiro atoms.